The molecule has 0 aliphatic rings. The zero-order valence-corrected chi connectivity index (χ0v) is 40.5. The van der Waals surface area contributed by atoms with Gasteiger partial charge in [0.1, 0.15) is 6.10 Å². The molecule has 9 heteroatoms. The van der Waals surface area contributed by atoms with E-state index in [0.29, 0.717) is 39.5 Å². The second-order valence-corrected chi connectivity index (χ2v) is 17.6. The Morgan fingerprint density at radius 1 is 0.433 bits per heavy atom. The highest BCUT2D eigenvalue weighted by atomic mass is 16.6. The smallest absolute Gasteiger partial charge is 0.409 e. The Balaban J connectivity index is 4.36. The van der Waals surface area contributed by atoms with Crippen molar-refractivity contribution in [1.29, 1.82) is 0 Å². The largest absolute Gasteiger partial charge is 0.457 e. The van der Waals surface area contributed by atoms with Crippen LogP contribution in [0.25, 0.3) is 0 Å². The number of unbranched alkanes of at least 4 members (excludes halogenated alkanes) is 25. The standard InChI is InChI=1S/C51H102N2O7/c1-5-9-13-17-24-30-41-53(42-31-25-18-14-10-6-2)51(56)59-46-36-26-20-23-29-39-52(40-32-33-43-54)38-28-22-19-21-27-37-50(55)60-49(47-57-44-34-15-11-7-3)48-58-45-35-16-12-8-4/h49,54H,5-48H2,1-4H3. The maximum Gasteiger partial charge on any atom is 0.409 e. The third-order valence-corrected chi connectivity index (χ3v) is 11.6. The fourth-order valence-corrected chi connectivity index (χ4v) is 7.65. The van der Waals surface area contributed by atoms with Crippen molar-refractivity contribution < 1.29 is 33.6 Å². The van der Waals surface area contributed by atoms with Crippen molar-refractivity contribution >= 4 is 12.1 Å². The molecular weight excluding hydrogens is 753 g/mol. The van der Waals surface area contributed by atoms with Gasteiger partial charge in [-0.15, -0.1) is 0 Å². The van der Waals surface area contributed by atoms with Crippen LogP contribution in [0.1, 0.15) is 240 Å². The van der Waals surface area contributed by atoms with E-state index < -0.39 is 0 Å². The summed E-state index contributed by atoms with van der Waals surface area (Å²) in [6.07, 6.45) is 37.0. The van der Waals surface area contributed by atoms with Crippen LogP contribution in [-0.2, 0) is 23.7 Å². The number of ether oxygens (including phenoxy) is 4. The van der Waals surface area contributed by atoms with Crippen LogP contribution in [0.5, 0.6) is 0 Å². The molecule has 0 bridgehead atoms. The molecule has 60 heavy (non-hydrogen) atoms. The molecule has 0 fully saturated rings. The van der Waals surface area contributed by atoms with Gasteiger partial charge in [0, 0.05) is 39.3 Å². The molecule has 0 aromatic heterocycles. The SMILES string of the molecule is CCCCCCCCN(CCCCCCCC)C(=O)OCCCCCCCN(CCCCO)CCCCCCCC(=O)OC(COCCCCCC)COCCCCCC. The predicted octanol–water partition coefficient (Wildman–Crippen LogP) is 13.6. The lowest BCUT2D eigenvalue weighted by atomic mass is 10.1. The van der Waals surface area contributed by atoms with Gasteiger partial charge in [-0.25, -0.2) is 4.79 Å². The molecule has 0 heterocycles. The van der Waals surface area contributed by atoms with E-state index in [-0.39, 0.29) is 24.8 Å². The van der Waals surface area contributed by atoms with Gasteiger partial charge in [-0.2, -0.15) is 0 Å². The molecule has 0 atom stereocenters. The van der Waals surface area contributed by atoms with E-state index >= 15 is 0 Å². The zero-order chi connectivity index (χ0) is 43.8. The van der Waals surface area contributed by atoms with Crippen LogP contribution in [0.4, 0.5) is 4.79 Å². The normalized spacial score (nSPS) is 11.6. The Kier molecular flexibility index (Phi) is 47.5. The van der Waals surface area contributed by atoms with Gasteiger partial charge in [-0.1, -0.05) is 169 Å². The summed E-state index contributed by atoms with van der Waals surface area (Å²) < 4.78 is 23.3. The molecule has 0 aliphatic heterocycles. The van der Waals surface area contributed by atoms with Crippen molar-refractivity contribution in [2.75, 3.05) is 72.4 Å². The lowest BCUT2D eigenvalue weighted by Crippen LogP contribution is -2.33. The molecule has 0 aromatic carbocycles. The lowest BCUT2D eigenvalue weighted by Gasteiger charge is -2.22. The van der Waals surface area contributed by atoms with Gasteiger partial charge in [0.25, 0.3) is 0 Å². The molecule has 1 N–H and O–H groups in total. The van der Waals surface area contributed by atoms with Crippen LogP contribution in [-0.4, -0.2) is 105 Å². The molecule has 358 valence electrons. The molecule has 0 radical (unpaired) electrons. The third-order valence-electron chi connectivity index (χ3n) is 11.6. The maximum absolute atomic E-state index is 13.0. The monoisotopic (exact) mass is 855 g/mol. The van der Waals surface area contributed by atoms with Crippen molar-refractivity contribution in [2.45, 2.75) is 246 Å². The number of carbonyl (C=O) groups is 2. The van der Waals surface area contributed by atoms with Gasteiger partial charge in [-0.3, -0.25) is 4.79 Å². The quantitative estimate of drug-likeness (QED) is 0.0477. The van der Waals surface area contributed by atoms with E-state index in [2.05, 4.69) is 32.6 Å². The first kappa shape index (κ1) is 58.6. The first-order valence-corrected chi connectivity index (χ1v) is 26.1. The minimum Gasteiger partial charge on any atom is -0.457 e. The molecule has 0 aromatic rings. The Morgan fingerprint density at radius 3 is 1.27 bits per heavy atom. The average Bonchev–Trinajstić information content (AvgIpc) is 3.25. The summed E-state index contributed by atoms with van der Waals surface area (Å²) in [5, 5.41) is 9.34. The molecule has 0 unspecified atom stereocenters. The maximum atomic E-state index is 13.0. The number of hydrogen-bond acceptors (Lipinski definition) is 8. The molecule has 0 saturated carbocycles. The number of esters is 1. The van der Waals surface area contributed by atoms with Gasteiger partial charge >= 0.3 is 12.1 Å². The topological polar surface area (TPSA) is 97.8 Å². The van der Waals surface area contributed by atoms with Crippen LogP contribution >= 0.6 is 0 Å². The summed E-state index contributed by atoms with van der Waals surface area (Å²) >= 11 is 0. The molecule has 9 nitrogen and oxygen atoms in total. The van der Waals surface area contributed by atoms with E-state index in [1.807, 2.05) is 4.90 Å². The minimum atomic E-state index is -0.327. The summed E-state index contributed by atoms with van der Waals surface area (Å²) in [7, 11) is 0. The number of carbonyl (C=O) groups excluding carboxylic acids is 2. The number of rotatable bonds is 49. The minimum absolute atomic E-state index is 0.106. The van der Waals surface area contributed by atoms with E-state index in [9.17, 15) is 14.7 Å². The highest BCUT2D eigenvalue weighted by molar-refractivity contribution is 5.69. The Labute approximate surface area is 372 Å². The number of amides is 1. The van der Waals surface area contributed by atoms with Crippen molar-refractivity contribution in [1.82, 2.24) is 9.80 Å². The van der Waals surface area contributed by atoms with Gasteiger partial charge in [0.05, 0.1) is 19.8 Å². The summed E-state index contributed by atoms with van der Waals surface area (Å²) in [5.41, 5.74) is 0. The fraction of sp³-hybridized carbons (Fsp3) is 0.961. The second-order valence-electron chi connectivity index (χ2n) is 17.6. The highest BCUT2D eigenvalue weighted by Gasteiger charge is 2.16. The number of nitrogens with zero attached hydrogens (tertiary/aromatic N) is 2. The Bertz CT molecular complexity index is 846. The molecule has 0 spiro atoms. The molecular formula is C51H102N2O7. The van der Waals surface area contributed by atoms with Gasteiger partial charge in [-0.05, 0) is 83.8 Å². The predicted molar refractivity (Wildman–Crippen MR) is 253 cm³/mol. The summed E-state index contributed by atoms with van der Waals surface area (Å²) in [6, 6.07) is 0. The average molecular weight is 855 g/mol. The van der Waals surface area contributed by atoms with Crippen molar-refractivity contribution in [3.8, 4) is 0 Å². The first-order chi connectivity index (χ1) is 29.5. The number of aliphatic hydroxyl groups excluding tert-OH is 1. The van der Waals surface area contributed by atoms with Gasteiger partial charge in [0.2, 0.25) is 0 Å². The summed E-state index contributed by atoms with van der Waals surface area (Å²) in [5.74, 6) is -0.135. The van der Waals surface area contributed by atoms with E-state index in [0.717, 1.165) is 110 Å². The fourth-order valence-electron chi connectivity index (χ4n) is 7.65. The van der Waals surface area contributed by atoms with Gasteiger partial charge < -0.3 is 33.9 Å². The van der Waals surface area contributed by atoms with E-state index in [1.165, 1.54) is 128 Å². The van der Waals surface area contributed by atoms with Crippen molar-refractivity contribution in [3.05, 3.63) is 0 Å². The Hall–Kier alpha value is -1.42. The summed E-state index contributed by atoms with van der Waals surface area (Å²) in [6.45, 7) is 16.9. The van der Waals surface area contributed by atoms with Crippen molar-refractivity contribution in [2.24, 2.45) is 0 Å². The van der Waals surface area contributed by atoms with Crippen LogP contribution < -0.4 is 0 Å². The molecule has 0 rings (SSSR count). The first-order valence-electron chi connectivity index (χ1n) is 26.1. The van der Waals surface area contributed by atoms with Crippen molar-refractivity contribution in [3.63, 3.8) is 0 Å². The van der Waals surface area contributed by atoms with E-state index in [1.54, 1.807) is 0 Å². The Morgan fingerprint density at radius 2 is 0.800 bits per heavy atom. The molecule has 0 saturated heterocycles. The number of hydrogen-bond donors (Lipinski definition) is 1. The third kappa shape index (κ3) is 41.9. The van der Waals surface area contributed by atoms with Crippen LogP contribution in [0, 0.1) is 0 Å². The number of aliphatic hydroxyl groups is 1. The molecule has 0 aliphatic carbocycles. The van der Waals surface area contributed by atoms with Crippen LogP contribution in [0.3, 0.4) is 0 Å². The zero-order valence-electron chi connectivity index (χ0n) is 40.5. The van der Waals surface area contributed by atoms with E-state index in [4.69, 9.17) is 18.9 Å². The second kappa shape index (κ2) is 48.6. The van der Waals surface area contributed by atoms with Gasteiger partial charge in [0.15, 0.2) is 0 Å². The highest BCUT2D eigenvalue weighted by Crippen LogP contribution is 2.13. The lowest BCUT2D eigenvalue weighted by molar-refractivity contribution is -0.156. The van der Waals surface area contributed by atoms with Crippen LogP contribution in [0.2, 0.25) is 0 Å². The van der Waals surface area contributed by atoms with Crippen LogP contribution in [0.15, 0.2) is 0 Å². The molecule has 1 amide bonds. The summed E-state index contributed by atoms with van der Waals surface area (Å²) in [4.78, 5) is 30.3.